The average Bonchev–Trinajstić information content (AvgIpc) is 2.36. The van der Waals surface area contributed by atoms with E-state index in [9.17, 15) is 0 Å². The molecule has 0 saturated heterocycles. The van der Waals surface area contributed by atoms with Crippen molar-refractivity contribution < 1.29 is 0 Å². The van der Waals surface area contributed by atoms with E-state index in [2.05, 4.69) is 21.4 Å². The van der Waals surface area contributed by atoms with E-state index in [1.165, 1.54) is 0 Å². The minimum absolute atomic E-state index is 0.405. The molecule has 4 nitrogen and oxygen atoms in total. The number of thioether (sulfide) groups is 1. The first-order valence-corrected chi connectivity index (χ1v) is 6.74. The molecule has 1 unspecified atom stereocenters. The monoisotopic (exact) mass is 250 g/mol. The van der Waals surface area contributed by atoms with Gasteiger partial charge in [0.2, 0.25) is 0 Å². The van der Waals surface area contributed by atoms with E-state index in [0.717, 1.165) is 30.2 Å². The zero-order valence-corrected chi connectivity index (χ0v) is 11.1. The molecule has 1 atom stereocenters. The van der Waals surface area contributed by atoms with Gasteiger partial charge in [0.25, 0.3) is 0 Å². The maximum Gasteiger partial charge on any atom is 0.114 e. The molecular weight excluding hydrogens is 232 g/mol. The van der Waals surface area contributed by atoms with Gasteiger partial charge in [-0.1, -0.05) is 6.92 Å². The smallest absolute Gasteiger partial charge is 0.114 e. The average molecular weight is 250 g/mol. The van der Waals surface area contributed by atoms with Crippen molar-refractivity contribution in [2.24, 2.45) is 0 Å². The Bertz CT molecular complexity index is 363. The Morgan fingerprint density at radius 1 is 1.53 bits per heavy atom. The van der Waals surface area contributed by atoms with Crippen molar-refractivity contribution in [2.45, 2.75) is 37.3 Å². The summed E-state index contributed by atoms with van der Waals surface area (Å²) in [6.45, 7) is 4.79. The summed E-state index contributed by atoms with van der Waals surface area (Å²) in [5.74, 6) is 0.960. The predicted molar refractivity (Wildman–Crippen MR) is 69.7 cm³/mol. The fourth-order valence-corrected chi connectivity index (χ4v) is 2.30. The van der Waals surface area contributed by atoms with E-state index < -0.39 is 5.54 Å². The van der Waals surface area contributed by atoms with Gasteiger partial charge in [0.05, 0.1) is 12.3 Å². The van der Waals surface area contributed by atoms with Crippen LogP contribution in [-0.4, -0.2) is 27.8 Å². The summed E-state index contributed by atoms with van der Waals surface area (Å²) in [6, 6.07) is 2.33. The largest absolute Gasteiger partial charge is 0.300 e. The van der Waals surface area contributed by atoms with Crippen LogP contribution in [0.1, 0.15) is 26.7 Å². The summed E-state index contributed by atoms with van der Waals surface area (Å²) in [6.07, 6.45) is 6.96. The van der Waals surface area contributed by atoms with Crippen LogP contribution in [0.3, 0.4) is 0 Å². The third kappa shape index (κ3) is 5.16. The molecule has 0 radical (unpaired) electrons. The van der Waals surface area contributed by atoms with Crippen molar-refractivity contribution in [3.05, 3.63) is 18.6 Å². The zero-order valence-electron chi connectivity index (χ0n) is 10.3. The maximum atomic E-state index is 9.09. The van der Waals surface area contributed by atoms with E-state index in [1.54, 1.807) is 30.4 Å². The molecule has 0 aliphatic rings. The Morgan fingerprint density at radius 3 is 2.94 bits per heavy atom. The van der Waals surface area contributed by atoms with Crippen LogP contribution >= 0.6 is 11.8 Å². The molecule has 1 rings (SSSR count). The molecular formula is C12H18N4S. The van der Waals surface area contributed by atoms with E-state index in [-0.39, 0.29) is 0 Å². The van der Waals surface area contributed by atoms with Crippen molar-refractivity contribution in [3.63, 3.8) is 0 Å². The Labute approximate surface area is 107 Å². The Balaban J connectivity index is 2.26. The van der Waals surface area contributed by atoms with Gasteiger partial charge < -0.3 is 0 Å². The van der Waals surface area contributed by atoms with Gasteiger partial charge in [-0.15, -0.1) is 11.8 Å². The number of aromatic nitrogens is 2. The lowest BCUT2D eigenvalue weighted by Gasteiger charge is -2.22. The van der Waals surface area contributed by atoms with E-state index >= 15 is 0 Å². The van der Waals surface area contributed by atoms with E-state index in [0.29, 0.717) is 0 Å². The lowest BCUT2D eigenvalue weighted by atomic mass is 9.98. The van der Waals surface area contributed by atoms with Gasteiger partial charge in [-0.25, -0.2) is 4.98 Å². The highest BCUT2D eigenvalue weighted by Crippen LogP contribution is 2.18. The van der Waals surface area contributed by atoms with Gasteiger partial charge in [-0.2, -0.15) is 5.26 Å². The SMILES string of the molecule is CCNC(C)(C#N)CCCSc1cnccn1. The number of hydrogen-bond acceptors (Lipinski definition) is 5. The first-order chi connectivity index (χ1) is 8.20. The third-order valence-electron chi connectivity index (χ3n) is 2.42. The van der Waals surface area contributed by atoms with Crippen molar-refractivity contribution in [3.8, 4) is 6.07 Å². The first kappa shape index (κ1) is 13.9. The maximum absolute atomic E-state index is 9.09. The summed E-state index contributed by atoms with van der Waals surface area (Å²) in [5.41, 5.74) is -0.405. The summed E-state index contributed by atoms with van der Waals surface area (Å²) in [7, 11) is 0. The van der Waals surface area contributed by atoms with Gasteiger partial charge in [-0.3, -0.25) is 10.3 Å². The van der Waals surface area contributed by atoms with Gasteiger partial charge in [-0.05, 0) is 32.1 Å². The molecule has 92 valence electrons. The third-order valence-corrected chi connectivity index (χ3v) is 3.42. The molecule has 0 amide bonds. The van der Waals surface area contributed by atoms with Crippen LogP contribution in [-0.2, 0) is 0 Å². The molecule has 0 fully saturated rings. The highest BCUT2D eigenvalue weighted by atomic mass is 32.2. The van der Waals surface area contributed by atoms with Crippen molar-refractivity contribution in [1.29, 1.82) is 5.26 Å². The molecule has 0 bridgehead atoms. The number of hydrogen-bond donors (Lipinski definition) is 1. The highest BCUT2D eigenvalue weighted by molar-refractivity contribution is 7.99. The van der Waals surface area contributed by atoms with Gasteiger partial charge in [0.15, 0.2) is 0 Å². The standard InChI is InChI=1S/C12H18N4S/c1-3-16-12(2,10-13)5-4-8-17-11-9-14-6-7-15-11/h6-7,9,16H,3-5,8H2,1-2H3. The van der Waals surface area contributed by atoms with E-state index in [1.807, 2.05) is 13.8 Å². The molecule has 5 heteroatoms. The summed E-state index contributed by atoms with van der Waals surface area (Å²) >= 11 is 1.68. The molecule has 0 aliphatic carbocycles. The van der Waals surface area contributed by atoms with Crippen LogP contribution in [0, 0.1) is 11.3 Å². The number of nitriles is 1. The fraction of sp³-hybridized carbons (Fsp3) is 0.583. The minimum Gasteiger partial charge on any atom is -0.300 e. The molecule has 1 aromatic heterocycles. The molecule has 1 N–H and O–H groups in total. The molecule has 17 heavy (non-hydrogen) atoms. The lowest BCUT2D eigenvalue weighted by Crippen LogP contribution is -2.40. The van der Waals surface area contributed by atoms with Crippen molar-refractivity contribution in [1.82, 2.24) is 15.3 Å². The quantitative estimate of drug-likeness (QED) is 0.594. The van der Waals surface area contributed by atoms with Gasteiger partial charge in [0, 0.05) is 12.4 Å². The topological polar surface area (TPSA) is 61.6 Å². The Kier molecular flexibility index (Phi) is 5.95. The van der Waals surface area contributed by atoms with Crippen LogP contribution in [0.4, 0.5) is 0 Å². The zero-order chi connectivity index (χ0) is 12.6. The van der Waals surface area contributed by atoms with Crippen LogP contribution in [0.25, 0.3) is 0 Å². The summed E-state index contributed by atoms with van der Waals surface area (Å²) in [4.78, 5) is 8.20. The second-order valence-electron chi connectivity index (χ2n) is 3.97. The van der Waals surface area contributed by atoms with Gasteiger partial charge >= 0.3 is 0 Å². The normalized spacial score (nSPS) is 13.9. The fourth-order valence-electron chi connectivity index (χ4n) is 1.54. The lowest BCUT2D eigenvalue weighted by molar-refractivity contribution is 0.426. The number of nitrogens with one attached hydrogen (secondary N) is 1. The van der Waals surface area contributed by atoms with Crippen LogP contribution in [0.15, 0.2) is 23.6 Å². The van der Waals surface area contributed by atoms with Crippen LogP contribution in [0.2, 0.25) is 0 Å². The van der Waals surface area contributed by atoms with Crippen LogP contribution in [0.5, 0.6) is 0 Å². The minimum atomic E-state index is -0.405. The molecule has 0 aliphatic heterocycles. The highest BCUT2D eigenvalue weighted by Gasteiger charge is 2.21. The number of nitrogens with zero attached hydrogens (tertiary/aromatic N) is 3. The second-order valence-corrected chi connectivity index (χ2v) is 5.09. The Hall–Kier alpha value is -1.12. The van der Waals surface area contributed by atoms with Crippen molar-refractivity contribution >= 4 is 11.8 Å². The van der Waals surface area contributed by atoms with E-state index in [4.69, 9.17) is 5.26 Å². The first-order valence-electron chi connectivity index (χ1n) is 5.75. The number of rotatable bonds is 7. The summed E-state index contributed by atoms with van der Waals surface area (Å²) in [5, 5.41) is 13.2. The molecule has 0 saturated carbocycles. The molecule has 0 spiro atoms. The predicted octanol–water partition coefficient (Wildman–Crippen LogP) is 2.24. The molecule has 0 aromatic carbocycles. The molecule has 1 heterocycles. The van der Waals surface area contributed by atoms with Crippen molar-refractivity contribution in [2.75, 3.05) is 12.3 Å². The Morgan fingerprint density at radius 2 is 2.35 bits per heavy atom. The summed E-state index contributed by atoms with van der Waals surface area (Å²) < 4.78 is 0. The second kappa shape index (κ2) is 7.25. The van der Waals surface area contributed by atoms with Crippen LogP contribution < -0.4 is 5.32 Å². The van der Waals surface area contributed by atoms with Gasteiger partial charge in [0.1, 0.15) is 10.6 Å². The molecule has 1 aromatic rings.